The average molecular weight is 341 g/mol. The van der Waals surface area contributed by atoms with E-state index >= 15 is 0 Å². The smallest absolute Gasteiger partial charge is 0.229 e. The van der Waals surface area contributed by atoms with Crippen LogP contribution in [0.25, 0.3) is 11.3 Å². The monoisotopic (exact) mass is 341 g/mol. The number of aryl methyl sites for hydroxylation is 2. The summed E-state index contributed by atoms with van der Waals surface area (Å²) < 4.78 is 0. The lowest BCUT2D eigenvalue weighted by Crippen LogP contribution is -2.48. The summed E-state index contributed by atoms with van der Waals surface area (Å²) in [5.74, 6) is 0.556. The van der Waals surface area contributed by atoms with Crippen LogP contribution < -0.4 is 10.6 Å². The maximum Gasteiger partial charge on any atom is 0.229 e. The zero-order chi connectivity index (χ0) is 16.5. The fourth-order valence-corrected chi connectivity index (χ4v) is 4.18. The zero-order valence-electron chi connectivity index (χ0n) is 14.0. The maximum atomic E-state index is 12.3. The van der Waals surface area contributed by atoms with E-state index in [4.69, 9.17) is 0 Å². The molecule has 2 aliphatic rings. The van der Waals surface area contributed by atoms with Crippen LogP contribution in [-0.2, 0) is 17.6 Å². The third-order valence-corrected chi connectivity index (χ3v) is 6.07. The van der Waals surface area contributed by atoms with Gasteiger partial charge in [-0.05, 0) is 61.9 Å². The summed E-state index contributed by atoms with van der Waals surface area (Å²) >= 11 is 1.51. The molecule has 4 rings (SSSR count). The van der Waals surface area contributed by atoms with E-state index in [1.165, 1.54) is 48.1 Å². The number of rotatable bonds is 4. The van der Waals surface area contributed by atoms with Gasteiger partial charge in [0.2, 0.25) is 5.91 Å². The Morgan fingerprint density at radius 2 is 2.08 bits per heavy atom. The number of hydrogen-bond donors (Lipinski definition) is 2. The molecule has 0 spiro atoms. The Balaban J connectivity index is 1.47. The Labute approximate surface area is 146 Å². The lowest BCUT2D eigenvalue weighted by molar-refractivity contribution is -0.121. The highest BCUT2D eigenvalue weighted by Crippen LogP contribution is 2.30. The highest BCUT2D eigenvalue weighted by atomic mass is 32.1. The number of hydrogen-bond acceptors (Lipinski definition) is 4. The van der Waals surface area contributed by atoms with E-state index in [2.05, 4.69) is 33.8 Å². The second-order valence-electron chi connectivity index (χ2n) is 6.92. The van der Waals surface area contributed by atoms with Crippen LogP contribution in [0.1, 0.15) is 30.9 Å². The molecule has 1 fully saturated rings. The molecule has 1 aliphatic heterocycles. The molecule has 1 aromatic heterocycles. The Bertz CT molecular complexity index is 751. The predicted octanol–water partition coefficient (Wildman–Crippen LogP) is 3.48. The van der Waals surface area contributed by atoms with Gasteiger partial charge < -0.3 is 10.6 Å². The summed E-state index contributed by atoms with van der Waals surface area (Å²) in [6.45, 7) is 3.87. The van der Waals surface area contributed by atoms with Crippen molar-refractivity contribution in [1.29, 1.82) is 0 Å². The molecule has 0 saturated carbocycles. The fraction of sp³-hybridized carbons (Fsp3) is 0.474. The van der Waals surface area contributed by atoms with Crippen molar-refractivity contribution in [3.63, 3.8) is 0 Å². The first-order chi connectivity index (χ1) is 11.7. The summed E-state index contributed by atoms with van der Waals surface area (Å²) in [7, 11) is 0. The number of anilines is 1. The van der Waals surface area contributed by atoms with Crippen LogP contribution in [0.15, 0.2) is 23.6 Å². The summed E-state index contributed by atoms with van der Waals surface area (Å²) in [6.07, 6.45) is 4.95. The first-order valence-electron chi connectivity index (χ1n) is 8.80. The van der Waals surface area contributed by atoms with Crippen molar-refractivity contribution in [2.24, 2.45) is 11.8 Å². The molecule has 0 radical (unpaired) electrons. The van der Waals surface area contributed by atoms with Gasteiger partial charge in [-0.3, -0.25) is 4.79 Å². The highest BCUT2D eigenvalue weighted by Gasteiger charge is 2.29. The number of carbonyl (C=O) groups is 1. The molecular formula is C19H23N3OS. The minimum Gasteiger partial charge on any atom is -0.316 e. The van der Waals surface area contributed by atoms with Crippen LogP contribution in [0.5, 0.6) is 0 Å². The van der Waals surface area contributed by atoms with E-state index in [0.29, 0.717) is 11.0 Å². The number of amides is 1. The van der Waals surface area contributed by atoms with E-state index < -0.39 is 0 Å². The van der Waals surface area contributed by atoms with Crippen molar-refractivity contribution >= 4 is 22.4 Å². The van der Waals surface area contributed by atoms with Crippen LogP contribution in [0.2, 0.25) is 0 Å². The lowest BCUT2D eigenvalue weighted by atomic mass is 9.88. The third-order valence-electron chi connectivity index (χ3n) is 5.31. The first kappa shape index (κ1) is 15.8. The van der Waals surface area contributed by atoms with Crippen LogP contribution in [-0.4, -0.2) is 24.0 Å². The largest absolute Gasteiger partial charge is 0.316 e. The van der Waals surface area contributed by atoms with Gasteiger partial charge in [0.05, 0.1) is 5.69 Å². The molecule has 2 heterocycles. The van der Waals surface area contributed by atoms with Gasteiger partial charge in [0, 0.05) is 16.9 Å². The van der Waals surface area contributed by atoms with Gasteiger partial charge in [-0.15, -0.1) is 11.3 Å². The second-order valence-corrected chi connectivity index (χ2v) is 7.78. The topological polar surface area (TPSA) is 54.0 Å². The van der Waals surface area contributed by atoms with E-state index in [9.17, 15) is 4.79 Å². The minimum atomic E-state index is 0.0299. The van der Waals surface area contributed by atoms with Gasteiger partial charge >= 0.3 is 0 Å². The molecule has 1 aliphatic carbocycles. The second kappa shape index (κ2) is 6.65. The molecule has 1 unspecified atom stereocenters. The van der Waals surface area contributed by atoms with Crippen LogP contribution >= 0.6 is 11.3 Å². The lowest BCUT2D eigenvalue weighted by Gasteiger charge is -2.31. The number of carbonyl (C=O) groups excluding carboxylic acids is 1. The Morgan fingerprint density at radius 3 is 2.83 bits per heavy atom. The van der Waals surface area contributed by atoms with Crippen molar-refractivity contribution in [3.05, 3.63) is 34.7 Å². The maximum absolute atomic E-state index is 12.3. The van der Waals surface area contributed by atoms with Gasteiger partial charge in [0.15, 0.2) is 5.13 Å². The molecule has 4 nitrogen and oxygen atoms in total. The number of benzene rings is 1. The van der Waals surface area contributed by atoms with Gasteiger partial charge in [0.25, 0.3) is 0 Å². The molecule has 1 aromatic carbocycles. The Morgan fingerprint density at radius 1 is 1.29 bits per heavy atom. The quantitative estimate of drug-likeness (QED) is 0.895. The standard InChI is InChI=1S/C19H23N3OS/c1-12(16-9-20-10-16)18(23)22-19-21-17(11-24-19)15-7-6-13-4-2-3-5-14(13)8-15/h6-8,11-12,16,20H,2-5,9-10H2,1H3,(H,21,22,23). The van der Waals surface area contributed by atoms with Crippen molar-refractivity contribution in [3.8, 4) is 11.3 Å². The predicted molar refractivity (Wildman–Crippen MR) is 98.3 cm³/mol. The molecule has 1 atom stereocenters. The van der Waals surface area contributed by atoms with Crippen molar-refractivity contribution in [1.82, 2.24) is 10.3 Å². The first-order valence-corrected chi connectivity index (χ1v) is 9.68. The molecule has 1 amide bonds. The van der Waals surface area contributed by atoms with Crippen LogP contribution in [0.4, 0.5) is 5.13 Å². The fourth-order valence-electron chi connectivity index (χ4n) is 3.45. The van der Waals surface area contributed by atoms with E-state index in [-0.39, 0.29) is 11.8 Å². The molecule has 2 N–H and O–H groups in total. The SMILES string of the molecule is CC(C(=O)Nc1nc(-c2ccc3c(c2)CCCC3)cs1)C1CNC1. The van der Waals surface area contributed by atoms with Crippen molar-refractivity contribution < 1.29 is 4.79 Å². The summed E-state index contributed by atoms with van der Waals surface area (Å²) in [6, 6.07) is 6.68. The average Bonchev–Trinajstić information content (AvgIpc) is 3.01. The summed E-state index contributed by atoms with van der Waals surface area (Å²) in [5.41, 5.74) is 5.06. The number of thiazole rings is 1. The third kappa shape index (κ3) is 3.10. The van der Waals surface area contributed by atoms with Crippen molar-refractivity contribution in [2.45, 2.75) is 32.6 Å². The number of nitrogens with one attached hydrogen (secondary N) is 2. The van der Waals surface area contributed by atoms with Gasteiger partial charge in [0.1, 0.15) is 0 Å². The highest BCUT2D eigenvalue weighted by molar-refractivity contribution is 7.14. The van der Waals surface area contributed by atoms with Crippen LogP contribution in [0.3, 0.4) is 0 Å². The molecular weight excluding hydrogens is 318 g/mol. The zero-order valence-corrected chi connectivity index (χ0v) is 14.8. The minimum absolute atomic E-state index is 0.0299. The molecule has 24 heavy (non-hydrogen) atoms. The Hall–Kier alpha value is -1.72. The molecule has 1 saturated heterocycles. The van der Waals surface area contributed by atoms with E-state index in [1.807, 2.05) is 12.3 Å². The number of fused-ring (bicyclic) bond motifs is 1. The van der Waals surface area contributed by atoms with Crippen LogP contribution in [0, 0.1) is 11.8 Å². The summed E-state index contributed by atoms with van der Waals surface area (Å²) in [5, 5.41) is 8.94. The van der Waals surface area contributed by atoms with Crippen molar-refractivity contribution in [2.75, 3.05) is 18.4 Å². The Kier molecular flexibility index (Phi) is 4.37. The van der Waals surface area contributed by atoms with Gasteiger partial charge in [-0.25, -0.2) is 4.98 Å². The van der Waals surface area contributed by atoms with E-state index in [0.717, 1.165) is 24.3 Å². The number of aromatic nitrogens is 1. The van der Waals surface area contributed by atoms with E-state index in [1.54, 1.807) is 0 Å². The normalized spacial score (nSPS) is 18.5. The molecule has 126 valence electrons. The summed E-state index contributed by atoms with van der Waals surface area (Å²) in [4.78, 5) is 16.9. The number of nitrogens with zero attached hydrogens (tertiary/aromatic N) is 1. The molecule has 2 aromatic rings. The molecule has 5 heteroatoms. The van der Waals surface area contributed by atoms with Gasteiger partial charge in [-0.2, -0.15) is 0 Å². The molecule has 0 bridgehead atoms. The van der Waals surface area contributed by atoms with Gasteiger partial charge in [-0.1, -0.05) is 19.1 Å².